The molecule has 2 aromatic rings. The van der Waals surface area contributed by atoms with Crippen LogP contribution in [0.1, 0.15) is 11.1 Å². The number of carbonyl (C=O) groups excluding carboxylic acids is 1. The summed E-state index contributed by atoms with van der Waals surface area (Å²) >= 11 is 0. The number of anilines is 1. The molecule has 0 fully saturated rings. The molecule has 2 aromatic carbocycles. The molecule has 1 N–H and O–H groups in total. The van der Waals surface area contributed by atoms with Crippen molar-refractivity contribution in [3.05, 3.63) is 41.5 Å². The Morgan fingerprint density at radius 3 is 2.48 bits per heavy atom. The first-order valence-electron chi connectivity index (χ1n) is 8.01. The SMILES string of the molecule is COc1ccc(NC(=O)Cc2cc3c(cc2C)OCCO3)c(OC)c1. The van der Waals surface area contributed by atoms with Gasteiger partial charge >= 0.3 is 0 Å². The van der Waals surface area contributed by atoms with Gasteiger partial charge < -0.3 is 24.3 Å². The molecule has 0 aliphatic carbocycles. The van der Waals surface area contributed by atoms with E-state index in [9.17, 15) is 4.79 Å². The van der Waals surface area contributed by atoms with Gasteiger partial charge in [0, 0.05) is 6.07 Å². The largest absolute Gasteiger partial charge is 0.497 e. The second-order valence-corrected chi connectivity index (χ2v) is 5.71. The Hall–Kier alpha value is -2.89. The molecule has 0 radical (unpaired) electrons. The fourth-order valence-electron chi connectivity index (χ4n) is 2.69. The van der Waals surface area contributed by atoms with Crippen molar-refractivity contribution < 1.29 is 23.7 Å². The number of carbonyl (C=O) groups is 1. The molecule has 1 aliphatic heterocycles. The molecule has 0 saturated carbocycles. The fraction of sp³-hybridized carbons (Fsp3) is 0.316. The van der Waals surface area contributed by atoms with E-state index in [1.807, 2.05) is 19.1 Å². The highest BCUT2D eigenvalue weighted by Gasteiger charge is 2.16. The molecular weight excluding hydrogens is 322 g/mol. The maximum atomic E-state index is 12.5. The van der Waals surface area contributed by atoms with Gasteiger partial charge in [0.1, 0.15) is 24.7 Å². The molecule has 25 heavy (non-hydrogen) atoms. The smallest absolute Gasteiger partial charge is 0.228 e. The quantitative estimate of drug-likeness (QED) is 0.904. The first-order chi connectivity index (χ1) is 12.1. The summed E-state index contributed by atoms with van der Waals surface area (Å²) in [5, 5.41) is 2.88. The summed E-state index contributed by atoms with van der Waals surface area (Å²) in [6, 6.07) is 9.03. The number of hydrogen-bond donors (Lipinski definition) is 1. The van der Waals surface area contributed by atoms with E-state index in [-0.39, 0.29) is 12.3 Å². The second-order valence-electron chi connectivity index (χ2n) is 5.71. The van der Waals surface area contributed by atoms with Crippen LogP contribution in [0.15, 0.2) is 30.3 Å². The number of hydrogen-bond acceptors (Lipinski definition) is 5. The third-order valence-electron chi connectivity index (χ3n) is 4.03. The Kier molecular flexibility index (Phi) is 4.97. The minimum atomic E-state index is -0.136. The van der Waals surface area contributed by atoms with Crippen LogP contribution < -0.4 is 24.3 Å². The van der Waals surface area contributed by atoms with Gasteiger partial charge in [-0.15, -0.1) is 0 Å². The van der Waals surface area contributed by atoms with Crippen molar-refractivity contribution in [3.8, 4) is 23.0 Å². The zero-order valence-corrected chi connectivity index (χ0v) is 14.5. The Morgan fingerprint density at radius 2 is 1.80 bits per heavy atom. The van der Waals surface area contributed by atoms with E-state index in [0.29, 0.717) is 36.1 Å². The zero-order valence-electron chi connectivity index (χ0n) is 14.5. The van der Waals surface area contributed by atoms with Crippen molar-refractivity contribution in [2.24, 2.45) is 0 Å². The first kappa shape index (κ1) is 17.0. The lowest BCUT2D eigenvalue weighted by Gasteiger charge is -2.20. The Bertz CT molecular complexity index is 788. The summed E-state index contributed by atoms with van der Waals surface area (Å²) in [6.45, 7) is 3.02. The van der Waals surface area contributed by atoms with Gasteiger partial charge in [-0.3, -0.25) is 4.79 Å². The van der Waals surface area contributed by atoms with Crippen molar-refractivity contribution >= 4 is 11.6 Å². The second kappa shape index (κ2) is 7.34. The number of aryl methyl sites for hydroxylation is 1. The minimum Gasteiger partial charge on any atom is -0.497 e. The standard InChI is InChI=1S/C19H21NO5/c1-12-8-17-18(25-7-6-24-17)9-13(12)10-19(21)20-15-5-4-14(22-2)11-16(15)23-3/h4-5,8-9,11H,6-7,10H2,1-3H3,(H,20,21). The van der Waals surface area contributed by atoms with Crippen molar-refractivity contribution in [1.82, 2.24) is 0 Å². The van der Waals surface area contributed by atoms with Crippen LogP contribution in [0.25, 0.3) is 0 Å². The monoisotopic (exact) mass is 343 g/mol. The Balaban J connectivity index is 1.75. The average Bonchev–Trinajstić information content (AvgIpc) is 2.62. The van der Waals surface area contributed by atoms with Gasteiger partial charge in [-0.2, -0.15) is 0 Å². The molecule has 0 atom stereocenters. The summed E-state index contributed by atoms with van der Waals surface area (Å²) in [6.07, 6.45) is 0.234. The van der Waals surface area contributed by atoms with Crippen LogP contribution in [-0.2, 0) is 11.2 Å². The highest BCUT2D eigenvalue weighted by atomic mass is 16.6. The Morgan fingerprint density at radius 1 is 1.08 bits per heavy atom. The molecule has 132 valence electrons. The molecule has 6 nitrogen and oxygen atoms in total. The van der Waals surface area contributed by atoms with Gasteiger partial charge in [-0.05, 0) is 42.3 Å². The fourth-order valence-corrected chi connectivity index (χ4v) is 2.69. The van der Waals surface area contributed by atoms with Gasteiger partial charge in [0.25, 0.3) is 0 Å². The molecule has 6 heteroatoms. The van der Waals surface area contributed by atoms with E-state index >= 15 is 0 Å². The number of methoxy groups -OCH3 is 2. The van der Waals surface area contributed by atoms with Crippen LogP contribution in [0.3, 0.4) is 0 Å². The van der Waals surface area contributed by atoms with E-state index in [0.717, 1.165) is 16.9 Å². The van der Waals surface area contributed by atoms with Gasteiger partial charge in [0.05, 0.1) is 26.3 Å². The van der Waals surface area contributed by atoms with Crippen LogP contribution in [0, 0.1) is 6.92 Å². The highest BCUT2D eigenvalue weighted by Crippen LogP contribution is 2.33. The molecule has 1 aliphatic rings. The summed E-state index contributed by atoms with van der Waals surface area (Å²) in [5.41, 5.74) is 2.49. The lowest BCUT2D eigenvalue weighted by Crippen LogP contribution is -2.18. The zero-order chi connectivity index (χ0) is 17.8. The maximum absolute atomic E-state index is 12.5. The van der Waals surface area contributed by atoms with Gasteiger partial charge in [0.2, 0.25) is 5.91 Å². The molecule has 0 bridgehead atoms. The van der Waals surface area contributed by atoms with Gasteiger partial charge in [-0.1, -0.05) is 0 Å². The van der Waals surface area contributed by atoms with Crippen molar-refractivity contribution in [2.75, 3.05) is 32.8 Å². The van der Waals surface area contributed by atoms with Crippen LogP contribution in [0.2, 0.25) is 0 Å². The third kappa shape index (κ3) is 3.79. The first-order valence-corrected chi connectivity index (χ1v) is 8.01. The van der Waals surface area contributed by atoms with Crippen LogP contribution in [0.4, 0.5) is 5.69 Å². The molecule has 0 aromatic heterocycles. The molecular formula is C19H21NO5. The minimum absolute atomic E-state index is 0.136. The van der Waals surface area contributed by atoms with Crippen LogP contribution in [-0.4, -0.2) is 33.3 Å². The molecule has 3 rings (SSSR count). The summed E-state index contributed by atoms with van der Waals surface area (Å²) in [7, 11) is 3.13. The van der Waals surface area contributed by atoms with Crippen LogP contribution >= 0.6 is 0 Å². The van der Waals surface area contributed by atoms with E-state index in [2.05, 4.69) is 5.32 Å². The van der Waals surface area contributed by atoms with Crippen molar-refractivity contribution in [2.45, 2.75) is 13.3 Å². The third-order valence-corrected chi connectivity index (χ3v) is 4.03. The van der Waals surface area contributed by atoms with Crippen LogP contribution in [0.5, 0.6) is 23.0 Å². The molecule has 0 spiro atoms. The van der Waals surface area contributed by atoms with E-state index in [1.165, 1.54) is 0 Å². The number of fused-ring (bicyclic) bond motifs is 1. The van der Waals surface area contributed by atoms with Gasteiger partial charge in [-0.25, -0.2) is 0 Å². The topological polar surface area (TPSA) is 66.0 Å². The lowest BCUT2D eigenvalue weighted by molar-refractivity contribution is -0.115. The predicted molar refractivity (Wildman–Crippen MR) is 94.0 cm³/mol. The highest BCUT2D eigenvalue weighted by molar-refractivity contribution is 5.94. The number of rotatable bonds is 5. The summed E-state index contributed by atoms with van der Waals surface area (Å²) < 4.78 is 21.6. The van der Waals surface area contributed by atoms with E-state index in [1.54, 1.807) is 32.4 Å². The Labute approximate surface area is 146 Å². The lowest BCUT2D eigenvalue weighted by atomic mass is 10.0. The molecule has 1 heterocycles. The van der Waals surface area contributed by atoms with Gasteiger partial charge in [0.15, 0.2) is 11.5 Å². The van der Waals surface area contributed by atoms with E-state index < -0.39 is 0 Å². The maximum Gasteiger partial charge on any atom is 0.228 e. The number of benzene rings is 2. The molecule has 0 saturated heterocycles. The molecule has 0 unspecified atom stereocenters. The molecule has 1 amide bonds. The summed E-state index contributed by atoms with van der Waals surface area (Å²) in [5.74, 6) is 2.48. The predicted octanol–water partition coefficient (Wildman–Crippen LogP) is 2.96. The number of ether oxygens (including phenoxy) is 4. The average molecular weight is 343 g/mol. The summed E-state index contributed by atoms with van der Waals surface area (Å²) in [4.78, 5) is 12.5. The number of nitrogens with one attached hydrogen (secondary N) is 1. The van der Waals surface area contributed by atoms with Crippen molar-refractivity contribution in [1.29, 1.82) is 0 Å². The van der Waals surface area contributed by atoms with Crippen molar-refractivity contribution in [3.63, 3.8) is 0 Å². The number of amides is 1. The normalized spacial score (nSPS) is 12.4. The van der Waals surface area contributed by atoms with E-state index in [4.69, 9.17) is 18.9 Å².